The molecule has 0 unspecified atom stereocenters. The van der Waals surface area contributed by atoms with Crippen LogP contribution in [0.5, 0.6) is 0 Å². The van der Waals surface area contributed by atoms with E-state index in [0.29, 0.717) is 0 Å². The molecule has 0 atom stereocenters. The number of nitrogens with two attached hydrogens (primary N) is 1. The van der Waals surface area contributed by atoms with Crippen LogP contribution in [0.1, 0.15) is 17.6 Å². The third-order valence-electron chi connectivity index (χ3n) is 1.58. The lowest BCUT2D eigenvalue weighted by atomic mass is 10.2. The van der Waals surface area contributed by atoms with E-state index < -0.39 is 34.7 Å². The minimum Gasteiger partial charge on any atom is -0.383 e. The summed E-state index contributed by atoms with van der Waals surface area (Å²) in [5, 5.41) is -0.940. The van der Waals surface area contributed by atoms with E-state index in [1.807, 2.05) is 0 Å². The fraction of sp³-hybridized carbons (Fsp3) is 0.286. The summed E-state index contributed by atoms with van der Waals surface area (Å²) in [6.45, 7) is 0. The molecule has 84 valence electrons. The predicted molar refractivity (Wildman–Crippen MR) is 43.6 cm³/mol. The van der Waals surface area contributed by atoms with Crippen LogP contribution in [0.3, 0.4) is 0 Å². The van der Waals surface area contributed by atoms with Crippen LogP contribution in [-0.4, -0.2) is 4.98 Å². The van der Waals surface area contributed by atoms with Crippen molar-refractivity contribution in [3.8, 4) is 0 Å². The number of aromatic nitrogens is 1. The molecule has 1 rings (SSSR count). The lowest BCUT2D eigenvalue weighted by molar-refractivity contribution is -0.137. The molecule has 0 aliphatic carbocycles. The number of hydrogen-bond donors (Lipinski definition) is 1. The van der Waals surface area contributed by atoms with Gasteiger partial charge in [0.2, 0.25) is 0 Å². The van der Waals surface area contributed by atoms with Crippen LogP contribution in [0.4, 0.5) is 27.8 Å². The zero-order valence-corrected chi connectivity index (χ0v) is 7.70. The van der Waals surface area contributed by atoms with Crippen LogP contribution >= 0.6 is 11.6 Å². The van der Waals surface area contributed by atoms with Crippen molar-refractivity contribution in [2.75, 3.05) is 5.73 Å². The normalized spacial score (nSPS) is 12.2. The second-order valence-corrected chi connectivity index (χ2v) is 2.96. The summed E-state index contributed by atoms with van der Waals surface area (Å²) in [7, 11) is 0. The molecule has 0 aromatic carbocycles. The Kier molecular flexibility index (Phi) is 3.03. The highest BCUT2D eigenvalue weighted by Gasteiger charge is 2.35. The van der Waals surface area contributed by atoms with Gasteiger partial charge < -0.3 is 5.73 Å². The number of pyridine rings is 1. The molecule has 0 radical (unpaired) electrons. The zero-order chi connectivity index (χ0) is 11.8. The molecule has 0 saturated carbocycles. The average Bonchev–Trinajstić information content (AvgIpc) is 2.00. The number of alkyl halides is 5. The highest BCUT2D eigenvalue weighted by molar-refractivity contribution is 6.30. The molecule has 0 saturated heterocycles. The van der Waals surface area contributed by atoms with Gasteiger partial charge in [-0.1, -0.05) is 11.6 Å². The molecule has 0 aliphatic rings. The smallest absolute Gasteiger partial charge is 0.383 e. The van der Waals surface area contributed by atoms with E-state index in [0.717, 1.165) is 0 Å². The molecule has 0 amide bonds. The van der Waals surface area contributed by atoms with Crippen molar-refractivity contribution in [2.24, 2.45) is 0 Å². The van der Waals surface area contributed by atoms with E-state index in [4.69, 9.17) is 17.3 Å². The van der Waals surface area contributed by atoms with Crippen molar-refractivity contribution in [3.63, 3.8) is 0 Å². The first-order chi connectivity index (χ1) is 6.73. The van der Waals surface area contributed by atoms with Crippen LogP contribution in [0.2, 0.25) is 5.15 Å². The SMILES string of the molecule is Nc1nc(Cl)c(C(F)(F)F)cc1C(F)F. The summed E-state index contributed by atoms with van der Waals surface area (Å²) in [4.78, 5) is 3.00. The maximum Gasteiger partial charge on any atom is 0.419 e. The highest BCUT2D eigenvalue weighted by Crippen LogP contribution is 2.37. The monoisotopic (exact) mass is 246 g/mol. The third-order valence-corrected chi connectivity index (χ3v) is 1.87. The largest absolute Gasteiger partial charge is 0.419 e. The molecular weight excluding hydrogens is 243 g/mol. The maximum atomic E-state index is 12.2. The molecule has 8 heteroatoms. The molecule has 1 heterocycles. The Hall–Kier alpha value is -1.11. The fourth-order valence-corrected chi connectivity index (χ4v) is 1.15. The molecular formula is C7H4ClF5N2. The fourth-order valence-electron chi connectivity index (χ4n) is 0.893. The summed E-state index contributed by atoms with van der Waals surface area (Å²) < 4.78 is 61.0. The van der Waals surface area contributed by atoms with Crippen LogP contribution in [-0.2, 0) is 6.18 Å². The number of halogens is 6. The topological polar surface area (TPSA) is 38.9 Å². The van der Waals surface area contributed by atoms with Gasteiger partial charge in [-0.3, -0.25) is 0 Å². The van der Waals surface area contributed by atoms with E-state index in [9.17, 15) is 22.0 Å². The van der Waals surface area contributed by atoms with E-state index in [1.165, 1.54) is 0 Å². The Labute approximate surface area is 85.9 Å². The van der Waals surface area contributed by atoms with Crippen molar-refractivity contribution >= 4 is 17.4 Å². The van der Waals surface area contributed by atoms with Gasteiger partial charge in [0.25, 0.3) is 6.43 Å². The van der Waals surface area contributed by atoms with E-state index in [-0.39, 0.29) is 6.07 Å². The number of anilines is 1. The van der Waals surface area contributed by atoms with Crippen molar-refractivity contribution in [1.29, 1.82) is 0 Å². The van der Waals surface area contributed by atoms with Crippen LogP contribution in [0.25, 0.3) is 0 Å². The molecule has 1 aromatic heterocycles. The van der Waals surface area contributed by atoms with E-state index >= 15 is 0 Å². The predicted octanol–water partition coefficient (Wildman–Crippen LogP) is 3.27. The number of nitrogens with zero attached hydrogens (tertiary/aromatic N) is 1. The van der Waals surface area contributed by atoms with Gasteiger partial charge in [-0.05, 0) is 6.07 Å². The standard InChI is InChI=1S/C7H4ClF5N2/c8-4-3(7(11,12)13)1-2(5(9)10)6(14)15-4/h1,5H,(H2,14,15). The van der Waals surface area contributed by atoms with Gasteiger partial charge in [-0.2, -0.15) is 13.2 Å². The molecule has 2 N–H and O–H groups in total. The summed E-state index contributed by atoms with van der Waals surface area (Å²) in [5.74, 6) is -0.706. The Morgan fingerprint density at radius 2 is 1.87 bits per heavy atom. The first-order valence-electron chi connectivity index (χ1n) is 3.54. The molecule has 0 bridgehead atoms. The van der Waals surface area contributed by atoms with Gasteiger partial charge >= 0.3 is 6.18 Å². The van der Waals surface area contributed by atoms with Gasteiger partial charge in [-0.15, -0.1) is 0 Å². The molecule has 15 heavy (non-hydrogen) atoms. The summed E-state index contributed by atoms with van der Waals surface area (Å²) >= 11 is 5.13. The Bertz CT molecular complexity index is 376. The second-order valence-electron chi connectivity index (χ2n) is 2.60. The van der Waals surface area contributed by atoms with E-state index in [2.05, 4.69) is 4.98 Å². The van der Waals surface area contributed by atoms with Gasteiger partial charge in [0, 0.05) is 0 Å². The molecule has 0 fully saturated rings. The van der Waals surface area contributed by atoms with Crippen LogP contribution in [0, 0.1) is 0 Å². The third kappa shape index (κ3) is 2.47. The van der Waals surface area contributed by atoms with Crippen molar-refractivity contribution in [3.05, 3.63) is 22.3 Å². The first-order valence-corrected chi connectivity index (χ1v) is 3.92. The number of rotatable bonds is 1. The number of hydrogen-bond acceptors (Lipinski definition) is 2. The second kappa shape index (κ2) is 3.80. The minimum atomic E-state index is -4.83. The van der Waals surface area contributed by atoms with E-state index in [1.54, 1.807) is 0 Å². The summed E-state index contributed by atoms with van der Waals surface area (Å²) in [5.41, 5.74) is 2.59. The lowest BCUT2D eigenvalue weighted by Crippen LogP contribution is -2.10. The molecule has 0 spiro atoms. The molecule has 2 nitrogen and oxygen atoms in total. The van der Waals surface area contributed by atoms with Gasteiger partial charge in [0.05, 0.1) is 11.1 Å². The van der Waals surface area contributed by atoms with Crippen molar-refractivity contribution in [2.45, 2.75) is 12.6 Å². The number of nitrogen functional groups attached to an aromatic ring is 1. The van der Waals surface area contributed by atoms with Gasteiger partial charge in [-0.25, -0.2) is 13.8 Å². The van der Waals surface area contributed by atoms with Crippen molar-refractivity contribution < 1.29 is 22.0 Å². The Balaban J connectivity index is 3.37. The zero-order valence-electron chi connectivity index (χ0n) is 6.95. The first kappa shape index (κ1) is 12.0. The average molecular weight is 247 g/mol. The van der Waals surface area contributed by atoms with Gasteiger partial charge in [0.1, 0.15) is 11.0 Å². The maximum absolute atomic E-state index is 12.2. The van der Waals surface area contributed by atoms with Gasteiger partial charge in [0.15, 0.2) is 0 Å². The summed E-state index contributed by atoms with van der Waals surface area (Å²) in [6, 6.07) is 0.204. The Morgan fingerprint density at radius 3 is 2.27 bits per heavy atom. The highest BCUT2D eigenvalue weighted by atomic mass is 35.5. The lowest BCUT2D eigenvalue weighted by Gasteiger charge is -2.11. The molecule has 1 aromatic rings. The Morgan fingerprint density at radius 1 is 1.33 bits per heavy atom. The quantitative estimate of drug-likeness (QED) is 0.610. The van der Waals surface area contributed by atoms with Crippen LogP contribution in [0.15, 0.2) is 6.07 Å². The minimum absolute atomic E-state index is 0.204. The molecule has 0 aliphatic heterocycles. The van der Waals surface area contributed by atoms with Crippen molar-refractivity contribution in [1.82, 2.24) is 4.98 Å². The van der Waals surface area contributed by atoms with Crippen LogP contribution < -0.4 is 5.73 Å². The summed E-state index contributed by atoms with van der Waals surface area (Å²) in [6.07, 6.45) is -7.96.